The van der Waals surface area contributed by atoms with Gasteiger partial charge in [-0.15, -0.1) is 12.4 Å². The second-order valence-electron chi connectivity index (χ2n) is 3.73. The number of phenolic OH excluding ortho intramolecular Hbond substituents is 1. The third-order valence-electron chi connectivity index (χ3n) is 2.42. The molecule has 0 saturated heterocycles. The Morgan fingerprint density at radius 1 is 1.53 bits per heavy atom. The van der Waals surface area contributed by atoms with Crippen LogP contribution < -0.4 is 5.32 Å². The zero-order valence-electron chi connectivity index (χ0n) is 10.2. The number of benzene rings is 1. The van der Waals surface area contributed by atoms with Crippen molar-refractivity contribution >= 4 is 24.1 Å². The van der Waals surface area contributed by atoms with Crippen molar-refractivity contribution in [2.75, 3.05) is 6.54 Å². The highest BCUT2D eigenvalue weighted by Gasteiger charge is 2.19. The number of aromatic hydroxyl groups is 1. The fraction of sp³-hybridized carbons (Fsp3) is 0.364. The van der Waals surface area contributed by atoms with Gasteiger partial charge in [0.25, 0.3) is 0 Å². The van der Waals surface area contributed by atoms with Crippen LogP contribution in [0.4, 0.5) is 5.69 Å². The van der Waals surface area contributed by atoms with Gasteiger partial charge in [-0.05, 0) is 24.6 Å². The van der Waals surface area contributed by atoms with Crippen LogP contribution in [0.5, 0.6) is 5.75 Å². The molecule has 0 saturated carbocycles. The lowest BCUT2D eigenvalue weighted by Crippen LogP contribution is -2.38. The predicted molar refractivity (Wildman–Crippen MR) is 70.8 cm³/mol. The number of hydrogen-bond acceptors (Lipinski definition) is 5. The lowest BCUT2D eigenvalue weighted by atomic mass is 10.0. The van der Waals surface area contributed by atoms with Crippen molar-refractivity contribution in [1.82, 2.24) is 5.32 Å². The van der Waals surface area contributed by atoms with Crippen molar-refractivity contribution in [2.45, 2.75) is 19.4 Å². The first kappa shape index (κ1) is 17.1. The van der Waals surface area contributed by atoms with Gasteiger partial charge in [0, 0.05) is 6.07 Å². The number of halogens is 1. The molecule has 1 atom stereocenters. The molecule has 0 aliphatic heterocycles. The summed E-state index contributed by atoms with van der Waals surface area (Å²) in [4.78, 5) is 20.9. The SMILES string of the molecule is CCNC(Cc1ccc(O)c([N+](=O)[O-])c1)C(=O)O.Cl. The summed E-state index contributed by atoms with van der Waals surface area (Å²) in [6.45, 7) is 2.26. The average Bonchev–Trinajstić information content (AvgIpc) is 2.30. The van der Waals surface area contributed by atoms with Gasteiger partial charge in [0.15, 0.2) is 5.75 Å². The van der Waals surface area contributed by atoms with E-state index in [0.29, 0.717) is 12.1 Å². The van der Waals surface area contributed by atoms with E-state index in [1.807, 2.05) is 0 Å². The fourth-order valence-corrected chi connectivity index (χ4v) is 1.57. The quantitative estimate of drug-likeness (QED) is 0.538. The van der Waals surface area contributed by atoms with E-state index in [9.17, 15) is 20.0 Å². The molecule has 0 fully saturated rings. The van der Waals surface area contributed by atoms with Gasteiger partial charge < -0.3 is 15.5 Å². The first-order valence-corrected chi connectivity index (χ1v) is 5.38. The summed E-state index contributed by atoms with van der Waals surface area (Å²) in [5.41, 5.74) is 0.0565. The molecule has 1 aromatic carbocycles. The molecule has 0 bridgehead atoms. The highest BCUT2D eigenvalue weighted by atomic mass is 35.5. The van der Waals surface area contributed by atoms with E-state index >= 15 is 0 Å². The zero-order valence-corrected chi connectivity index (χ0v) is 11.0. The first-order chi connectivity index (χ1) is 8.45. The van der Waals surface area contributed by atoms with Gasteiger partial charge in [0.05, 0.1) is 4.92 Å². The monoisotopic (exact) mass is 290 g/mol. The summed E-state index contributed by atoms with van der Waals surface area (Å²) in [6.07, 6.45) is 0.115. The molecule has 0 amide bonds. The Morgan fingerprint density at radius 3 is 2.63 bits per heavy atom. The van der Waals surface area contributed by atoms with Crippen LogP contribution in [-0.4, -0.2) is 33.7 Å². The molecule has 7 nitrogen and oxygen atoms in total. The maximum atomic E-state index is 10.9. The maximum Gasteiger partial charge on any atom is 0.321 e. The second kappa shape index (κ2) is 7.55. The minimum atomic E-state index is -1.02. The van der Waals surface area contributed by atoms with Crippen LogP contribution in [0.15, 0.2) is 18.2 Å². The Kier molecular flexibility index (Phi) is 6.81. The number of carboxylic acids is 1. The van der Waals surface area contributed by atoms with E-state index in [1.54, 1.807) is 6.92 Å². The molecule has 8 heteroatoms. The number of nitro groups is 1. The summed E-state index contributed by atoms with van der Waals surface area (Å²) < 4.78 is 0. The van der Waals surface area contributed by atoms with E-state index in [0.717, 1.165) is 0 Å². The number of aliphatic carboxylic acids is 1. The third kappa shape index (κ3) is 4.72. The molecular weight excluding hydrogens is 276 g/mol. The minimum absolute atomic E-state index is 0. The highest BCUT2D eigenvalue weighted by Crippen LogP contribution is 2.26. The molecule has 0 spiro atoms. The van der Waals surface area contributed by atoms with Gasteiger partial charge in [-0.25, -0.2) is 0 Å². The Balaban J connectivity index is 0.00000324. The van der Waals surface area contributed by atoms with Crippen molar-refractivity contribution in [1.29, 1.82) is 0 Å². The van der Waals surface area contributed by atoms with Crippen LogP contribution in [0, 0.1) is 10.1 Å². The van der Waals surface area contributed by atoms with Gasteiger partial charge in [0.1, 0.15) is 6.04 Å². The summed E-state index contributed by atoms with van der Waals surface area (Å²) in [5.74, 6) is -1.45. The molecule has 3 N–H and O–H groups in total. The smallest absolute Gasteiger partial charge is 0.321 e. The topological polar surface area (TPSA) is 113 Å². The van der Waals surface area contributed by atoms with Crippen LogP contribution in [-0.2, 0) is 11.2 Å². The van der Waals surface area contributed by atoms with Crippen molar-refractivity contribution in [3.05, 3.63) is 33.9 Å². The molecule has 1 unspecified atom stereocenters. The van der Waals surface area contributed by atoms with Gasteiger partial charge in [-0.1, -0.05) is 13.0 Å². The molecule has 0 heterocycles. The largest absolute Gasteiger partial charge is 0.502 e. The number of rotatable bonds is 6. The van der Waals surface area contributed by atoms with Crippen LogP contribution in [0.3, 0.4) is 0 Å². The number of nitrogens with zero attached hydrogens (tertiary/aromatic N) is 1. The second-order valence-corrected chi connectivity index (χ2v) is 3.73. The Morgan fingerprint density at radius 2 is 2.16 bits per heavy atom. The number of nitro benzene ring substituents is 1. The lowest BCUT2D eigenvalue weighted by Gasteiger charge is -2.12. The molecule has 1 aromatic rings. The normalized spacial score (nSPS) is 11.4. The Bertz CT molecular complexity index is 466. The lowest BCUT2D eigenvalue weighted by molar-refractivity contribution is -0.385. The Labute approximate surface area is 115 Å². The van der Waals surface area contributed by atoms with Crippen molar-refractivity contribution in [3.63, 3.8) is 0 Å². The van der Waals surface area contributed by atoms with Gasteiger partial charge in [-0.2, -0.15) is 0 Å². The molecule has 0 aromatic heterocycles. The van der Waals surface area contributed by atoms with Crippen LogP contribution in [0.25, 0.3) is 0 Å². The molecular formula is C11H15ClN2O5. The van der Waals surface area contributed by atoms with Gasteiger partial charge >= 0.3 is 11.7 Å². The van der Waals surface area contributed by atoms with E-state index in [2.05, 4.69) is 5.32 Å². The molecule has 1 rings (SSSR count). The number of phenols is 1. The fourth-order valence-electron chi connectivity index (χ4n) is 1.57. The average molecular weight is 291 g/mol. The molecule has 0 aliphatic carbocycles. The molecule has 106 valence electrons. The standard InChI is InChI=1S/C11H14N2O5.ClH/c1-2-12-8(11(15)16)5-7-3-4-10(14)9(6-7)13(17)18;/h3-4,6,8,12,14H,2,5H2,1H3,(H,15,16);1H. The Hall–Kier alpha value is -1.86. The minimum Gasteiger partial charge on any atom is -0.502 e. The maximum absolute atomic E-state index is 10.9. The van der Waals surface area contributed by atoms with Gasteiger partial charge in [-0.3, -0.25) is 14.9 Å². The third-order valence-corrected chi connectivity index (χ3v) is 2.42. The zero-order chi connectivity index (χ0) is 13.7. The van der Waals surface area contributed by atoms with Crippen LogP contribution in [0.1, 0.15) is 12.5 Å². The molecule has 19 heavy (non-hydrogen) atoms. The van der Waals surface area contributed by atoms with E-state index in [-0.39, 0.29) is 18.8 Å². The number of likely N-dealkylation sites (N-methyl/N-ethyl adjacent to an activating group) is 1. The van der Waals surface area contributed by atoms with Gasteiger partial charge in [0.2, 0.25) is 0 Å². The van der Waals surface area contributed by atoms with Crippen molar-refractivity contribution < 1.29 is 19.9 Å². The van der Waals surface area contributed by atoms with Crippen molar-refractivity contribution in [2.24, 2.45) is 0 Å². The summed E-state index contributed by atoms with van der Waals surface area (Å²) in [5, 5.41) is 31.6. The molecule has 0 aliphatic rings. The van der Waals surface area contributed by atoms with E-state index in [4.69, 9.17) is 5.11 Å². The summed E-state index contributed by atoms with van der Waals surface area (Å²) >= 11 is 0. The summed E-state index contributed by atoms with van der Waals surface area (Å²) in [6, 6.07) is 3.04. The van der Waals surface area contributed by atoms with Crippen molar-refractivity contribution in [3.8, 4) is 5.75 Å². The van der Waals surface area contributed by atoms with E-state index in [1.165, 1.54) is 18.2 Å². The molecule has 0 radical (unpaired) electrons. The summed E-state index contributed by atoms with van der Waals surface area (Å²) in [7, 11) is 0. The van der Waals surface area contributed by atoms with Crippen LogP contribution >= 0.6 is 12.4 Å². The number of nitrogens with one attached hydrogen (secondary N) is 1. The number of carbonyl (C=O) groups is 1. The first-order valence-electron chi connectivity index (χ1n) is 5.38. The highest BCUT2D eigenvalue weighted by molar-refractivity contribution is 5.85. The number of hydrogen-bond donors (Lipinski definition) is 3. The van der Waals surface area contributed by atoms with E-state index < -0.39 is 28.4 Å². The predicted octanol–water partition coefficient (Wildman–Crippen LogP) is 1.33. The number of carboxylic acid groups (broad SMARTS) is 1. The van der Waals surface area contributed by atoms with Crippen LogP contribution in [0.2, 0.25) is 0 Å².